The van der Waals surface area contributed by atoms with Gasteiger partial charge in [0.15, 0.2) is 5.71 Å². The standard InChI is InChI=1S/C15H19N2O2/c1-11-14(9-10-15(18)19-3)12(2)17(16-11)13-7-5-4-6-8-13/h4-8,14H,9-10H2,1-3H3/q+1/t14-/m1/s1. The fraction of sp³-hybridized carbons (Fsp3) is 0.400. The van der Waals surface area contributed by atoms with E-state index in [0.29, 0.717) is 6.42 Å². The predicted molar refractivity (Wildman–Crippen MR) is 74.9 cm³/mol. The van der Waals surface area contributed by atoms with Gasteiger partial charge >= 0.3 is 5.97 Å². The number of methoxy groups -OCH3 is 1. The van der Waals surface area contributed by atoms with Crippen molar-refractivity contribution in [2.24, 2.45) is 11.0 Å². The topological polar surface area (TPSA) is 41.7 Å². The molecule has 4 nitrogen and oxygen atoms in total. The van der Waals surface area contributed by atoms with Crippen LogP contribution in [0.2, 0.25) is 0 Å². The maximum Gasteiger partial charge on any atom is 0.305 e. The summed E-state index contributed by atoms with van der Waals surface area (Å²) in [5.41, 5.74) is 3.26. The van der Waals surface area contributed by atoms with E-state index in [1.54, 1.807) is 0 Å². The molecular formula is C15H19N2O2+. The first-order valence-electron chi connectivity index (χ1n) is 6.44. The van der Waals surface area contributed by atoms with Crippen molar-refractivity contribution >= 4 is 23.1 Å². The lowest BCUT2D eigenvalue weighted by Crippen LogP contribution is -2.19. The molecule has 2 rings (SSSR count). The smallest absolute Gasteiger partial charge is 0.305 e. The fourth-order valence-corrected chi connectivity index (χ4v) is 2.37. The summed E-state index contributed by atoms with van der Waals surface area (Å²) >= 11 is 0. The summed E-state index contributed by atoms with van der Waals surface area (Å²) in [4.78, 5) is 11.2. The van der Waals surface area contributed by atoms with Crippen LogP contribution in [0.4, 0.5) is 5.69 Å². The van der Waals surface area contributed by atoms with Crippen molar-refractivity contribution in [1.29, 1.82) is 0 Å². The van der Waals surface area contributed by atoms with Gasteiger partial charge in [-0.2, -0.15) is 0 Å². The molecule has 0 unspecified atom stereocenters. The summed E-state index contributed by atoms with van der Waals surface area (Å²) < 4.78 is 6.65. The van der Waals surface area contributed by atoms with Crippen molar-refractivity contribution in [3.8, 4) is 0 Å². The van der Waals surface area contributed by atoms with Crippen LogP contribution in [-0.4, -0.2) is 29.2 Å². The van der Waals surface area contributed by atoms with Crippen molar-refractivity contribution in [3.63, 3.8) is 0 Å². The zero-order valence-corrected chi connectivity index (χ0v) is 11.6. The molecule has 100 valence electrons. The monoisotopic (exact) mass is 259 g/mol. The first kappa shape index (κ1) is 13.5. The lowest BCUT2D eigenvalue weighted by molar-refractivity contribution is -0.443. The van der Waals surface area contributed by atoms with Crippen LogP contribution >= 0.6 is 0 Å². The van der Waals surface area contributed by atoms with Crippen LogP contribution in [0.25, 0.3) is 0 Å². The number of benzene rings is 1. The van der Waals surface area contributed by atoms with E-state index in [-0.39, 0.29) is 11.9 Å². The van der Waals surface area contributed by atoms with E-state index in [4.69, 9.17) is 4.74 Å². The predicted octanol–water partition coefficient (Wildman–Crippen LogP) is 2.75. The molecule has 1 aliphatic heterocycles. The number of carbonyl (C=O) groups excluding carboxylic acids is 1. The van der Waals surface area contributed by atoms with Gasteiger partial charge in [-0.25, -0.2) is 0 Å². The molecule has 1 aromatic carbocycles. The number of nitrogens with zero attached hydrogens (tertiary/aromatic N) is 2. The van der Waals surface area contributed by atoms with E-state index < -0.39 is 0 Å². The molecule has 19 heavy (non-hydrogen) atoms. The Kier molecular flexibility index (Phi) is 4.10. The maximum atomic E-state index is 11.2. The Morgan fingerprint density at radius 2 is 2.00 bits per heavy atom. The molecule has 0 bridgehead atoms. The summed E-state index contributed by atoms with van der Waals surface area (Å²) in [5.74, 6) is 0.0538. The number of hydrogen-bond acceptors (Lipinski definition) is 3. The fourth-order valence-electron chi connectivity index (χ4n) is 2.37. The zero-order valence-electron chi connectivity index (χ0n) is 11.6. The summed E-state index contributed by atoms with van der Waals surface area (Å²) in [7, 11) is 1.42. The molecule has 1 heterocycles. The summed E-state index contributed by atoms with van der Waals surface area (Å²) in [6, 6.07) is 10.0. The molecular weight excluding hydrogens is 240 g/mol. The Labute approximate surface area is 113 Å². The largest absolute Gasteiger partial charge is 0.469 e. The van der Waals surface area contributed by atoms with Crippen LogP contribution in [0.5, 0.6) is 0 Å². The number of ether oxygens (including phenoxy) is 1. The van der Waals surface area contributed by atoms with Crippen molar-refractivity contribution in [2.45, 2.75) is 26.7 Å². The molecule has 1 aromatic rings. The second-order valence-electron chi connectivity index (χ2n) is 4.70. The van der Waals surface area contributed by atoms with Crippen LogP contribution in [0, 0.1) is 5.92 Å². The Bertz CT molecular complexity index is 532. The van der Waals surface area contributed by atoms with Gasteiger partial charge in [0, 0.05) is 25.5 Å². The van der Waals surface area contributed by atoms with E-state index in [2.05, 4.69) is 12.0 Å². The summed E-state index contributed by atoms with van der Waals surface area (Å²) in [6.07, 6.45) is 1.17. The Balaban J connectivity index is 2.18. The minimum atomic E-state index is -0.168. The quantitative estimate of drug-likeness (QED) is 0.616. The van der Waals surface area contributed by atoms with Gasteiger partial charge in [-0.15, -0.1) is 0 Å². The van der Waals surface area contributed by atoms with Gasteiger partial charge in [-0.05, 0) is 18.4 Å². The van der Waals surface area contributed by atoms with E-state index in [1.807, 2.05) is 41.9 Å². The third-order valence-electron chi connectivity index (χ3n) is 3.47. The number of rotatable bonds is 4. The summed E-state index contributed by atoms with van der Waals surface area (Å²) in [6.45, 7) is 4.07. The van der Waals surface area contributed by atoms with Gasteiger partial charge in [-0.1, -0.05) is 22.9 Å². The highest BCUT2D eigenvalue weighted by Crippen LogP contribution is 2.23. The number of esters is 1. The number of para-hydroxylation sites is 1. The lowest BCUT2D eigenvalue weighted by Gasteiger charge is -2.05. The highest BCUT2D eigenvalue weighted by atomic mass is 16.5. The first-order valence-corrected chi connectivity index (χ1v) is 6.44. The molecule has 0 saturated carbocycles. The summed E-state index contributed by atoms with van der Waals surface area (Å²) in [5, 5.41) is 4.59. The normalized spacial score (nSPS) is 18.5. The van der Waals surface area contributed by atoms with Gasteiger partial charge in [-0.3, -0.25) is 4.79 Å². The molecule has 0 aliphatic carbocycles. The van der Waals surface area contributed by atoms with Crippen LogP contribution in [0.1, 0.15) is 26.7 Å². The average molecular weight is 259 g/mol. The van der Waals surface area contributed by atoms with E-state index in [9.17, 15) is 4.79 Å². The van der Waals surface area contributed by atoms with Crippen molar-refractivity contribution in [1.82, 2.24) is 0 Å². The second-order valence-corrected chi connectivity index (χ2v) is 4.70. The van der Waals surface area contributed by atoms with Gasteiger partial charge in [0.2, 0.25) is 5.69 Å². The van der Waals surface area contributed by atoms with Gasteiger partial charge in [0.05, 0.1) is 18.7 Å². The molecule has 0 amide bonds. The molecule has 4 heteroatoms. The Hall–Kier alpha value is -1.97. The van der Waals surface area contributed by atoms with Gasteiger partial charge < -0.3 is 4.74 Å². The highest BCUT2D eigenvalue weighted by Gasteiger charge is 2.33. The van der Waals surface area contributed by atoms with E-state index in [0.717, 1.165) is 23.5 Å². The molecule has 0 saturated heterocycles. The average Bonchev–Trinajstić information content (AvgIpc) is 2.72. The molecule has 0 N–H and O–H groups in total. The number of hydrogen-bond donors (Lipinski definition) is 0. The first-order chi connectivity index (χ1) is 9.13. The van der Waals surface area contributed by atoms with E-state index >= 15 is 0 Å². The Morgan fingerprint density at radius 3 is 2.63 bits per heavy atom. The van der Waals surface area contributed by atoms with Gasteiger partial charge in [0.1, 0.15) is 0 Å². The second kappa shape index (κ2) is 5.78. The minimum Gasteiger partial charge on any atom is -0.469 e. The number of carbonyl (C=O) groups is 1. The Morgan fingerprint density at radius 1 is 1.32 bits per heavy atom. The van der Waals surface area contributed by atoms with Gasteiger partial charge in [0.25, 0.3) is 0 Å². The lowest BCUT2D eigenvalue weighted by atomic mass is 9.94. The van der Waals surface area contributed by atoms with Crippen LogP contribution in [0.15, 0.2) is 35.4 Å². The maximum absolute atomic E-state index is 11.2. The third kappa shape index (κ3) is 2.89. The van der Waals surface area contributed by atoms with E-state index in [1.165, 1.54) is 7.11 Å². The molecule has 0 fully saturated rings. The molecule has 1 aliphatic rings. The van der Waals surface area contributed by atoms with Crippen molar-refractivity contribution < 1.29 is 14.2 Å². The molecule has 0 spiro atoms. The van der Waals surface area contributed by atoms with Crippen molar-refractivity contribution in [3.05, 3.63) is 30.3 Å². The van der Waals surface area contributed by atoms with Crippen LogP contribution < -0.4 is 0 Å². The van der Waals surface area contributed by atoms with Crippen molar-refractivity contribution in [2.75, 3.05) is 7.11 Å². The minimum absolute atomic E-state index is 0.168. The molecule has 1 atom stereocenters. The molecule has 0 radical (unpaired) electrons. The van der Waals surface area contributed by atoms with Crippen LogP contribution in [0.3, 0.4) is 0 Å². The zero-order chi connectivity index (χ0) is 13.8. The number of hydrazone groups is 1. The third-order valence-corrected chi connectivity index (χ3v) is 3.47. The van der Waals surface area contributed by atoms with Crippen LogP contribution in [-0.2, 0) is 9.53 Å². The molecule has 0 aromatic heterocycles. The highest BCUT2D eigenvalue weighted by molar-refractivity contribution is 6.05. The SMILES string of the molecule is COC(=O)CC[C@@H]1C(C)=N[N+](c2ccccc2)=C1C.